The van der Waals surface area contributed by atoms with Crippen LogP contribution >= 0.6 is 39.9 Å². The third kappa shape index (κ3) is 4.31. The SMILES string of the molecule is CCCCOc1ccc2ccccc2c1/C=C1\SC(=S)N(c2ccc(Br)cc2)C1=O. The molecule has 0 unspecified atom stereocenters. The first-order chi connectivity index (χ1) is 14.6. The van der Waals surface area contributed by atoms with Crippen molar-refractivity contribution in [2.45, 2.75) is 19.8 Å². The van der Waals surface area contributed by atoms with Crippen LogP contribution < -0.4 is 9.64 Å². The van der Waals surface area contributed by atoms with Crippen molar-refractivity contribution in [2.24, 2.45) is 0 Å². The molecule has 1 heterocycles. The van der Waals surface area contributed by atoms with Gasteiger partial charge in [-0.15, -0.1) is 0 Å². The fraction of sp³-hybridized carbons (Fsp3) is 0.167. The van der Waals surface area contributed by atoms with Gasteiger partial charge in [0.15, 0.2) is 4.32 Å². The number of thiocarbonyl (C=S) groups is 1. The highest BCUT2D eigenvalue weighted by molar-refractivity contribution is 9.10. The zero-order valence-electron chi connectivity index (χ0n) is 16.4. The van der Waals surface area contributed by atoms with Gasteiger partial charge in [0.1, 0.15) is 5.75 Å². The Bertz CT molecular complexity index is 1140. The standard InChI is InChI=1S/C24H20BrNO2S2/c1-2-3-14-28-21-13-8-16-6-4-5-7-19(16)20(21)15-22-23(27)26(24(29)30-22)18-11-9-17(25)10-12-18/h4-13,15H,2-3,14H2,1H3/b22-15-. The number of carbonyl (C=O) groups is 1. The Hall–Kier alpha value is -2.15. The van der Waals surface area contributed by atoms with Gasteiger partial charge in [0, 0.05) is 10.0 Å². The molecule has 1 amide bonds. The first kappa shape index (κ1) is 21.1. The van der Waals surface area contributed by atoms with Crippen molar-refractivity contribution in [1.29, 1.82) is 0 Å². The van der Waals surface area contributed by atoms with E-state index in [-0.39, 0.29) is 5.91 Å². The molecule has 30 heavy (non-hydrogen) atoms. The number of hydrogen-bond acceptors (Lipinski definition) is 4. The summed E-state index contributed by atoms with van der Waals surface area (Å²) in [4.78, 5) is 15.4. The second kappa shape index (κ2) is 9.33. The summed E-state index contributed by atoms with van der Waals surface area (Å²) in [7, 11) is 0. The van der Waals surface area contributed by atoms with Gasteiger partial charge in [0.05, 0.1) is 17.2 Å². The van der Waals surface area contributed by atoms with E-state index in [1.54, 1.807) is 4.90 Å². The van der Waals surface area contributed by atoms with Crippen LogP contribution in [0.2, 0.25) is 0 Å². The second-order valence-electron chi connectivity index (χ2n) is 6.89. The average Bonchev–Trinajstić information content (AvgIpc) is 3.03. The summed E-state index contributed by atoms with van der Waals surface area (Å²) in [5.74, 6) is 0.677. The molecule has 0 aliphatic carbocycles. The number of anilines is 1. The molecule has 0 N–H and O–H groups in total. The first-order valence-electron chi connectivity index (χ1n) is 9.76. The number of rotatable bonds is 6. The van der Waals surface area contributed by atoms with Crippen LogP contribution in [0.4, 0.5) is 5.69 Å². The number of hydrogen-bond donors (Lipinski definition) is 0. The number of amides is 1. The van der Waals surface area contributed by atoms with Crippen molar-refractivity contribution in [1.82, 2.24) is 0 Å². The lowest BCUT2D eigenvalue weighted by atomic mass is 10.0. The number of benzene rings is 3. The van der Waals surface area contributed by atoms with Crippen molar-refractivity contribution in [3.8, 4) is 5.75 Å². The zero-order chi connectivity index (χ0) is 21.1. The van der Waals surface area contributed by atoms with Crippen molar-refractivity contribution >= 4 is 72.7 Å². The Kier molecular flexibility index (Phi) is 6.56. The van der Waals surface area contributed by atoms with Crippen LogP contribution in [-0.2, 0) is 4.79 Å². The van der Waals surface area contributed by atoms with Gasteiger partial charge >= 0.3 is 0 Å². The van der Waals surface area contributed by atoms with Crippen LogP contribution in [0.5, 0.6) is 5.75 Å². The van der Waals surface area contributed by atoms with Crippen LogP contribution in [0.1, 0.15) is 25.3 Å². The zero-order valence-corrected chi connectivity index (χ0v) is 19.6. The van der Waals surface area contributed by atoms with Crippen LogP contribution in [0.15, 0.2) is 70.0 Å². The fourth-order valence-electron chi connectivity index (χ4n) is 3.29. The molecule has 152 valence electrons. The van der Waals surface area contributed by atoms with E-state index in [4.69, 9.17) is 17.0 Å². The number of ether oxygens (including phenoxy) is 1. The van der Waals surface area contributed by atoms with E-state index in [2.05, 4.69) is 41.1 Å². The van der Waals surface area contributed by atoms with Gasteiger partial charge in [-0.05, 0) is 53.6 Å². The molecule has 0 aromatic heterocycles. The quantitative estimate of drug-likeness (QED) is 0.204. The van der Waals surface area contributed by atoms with Gasteiger partial charge in [-0.3, -0.25) is 9.69 Å². The van der Waals surface area contributed by atoms with Crippen LogP contribution in [0, 0.1) is 0 Å². The van der Waals surface area contributed by atoms with Gasteiger partial charge in [-0.25, -0.2) is 0 Å². The molecule has 1 aliphatic rings. The van der Waals surface area contributed by atoms with Gasteiger partial charge in [-0.2, -0.15) is 0 Å². The highest BCUT2D eigenvalue weighted by atomic mass is 79.9. The predicted molar refractivity (Wildman–Crippen MR) is 134 cm³/mol. The van der Waals surface area contributed by atoms with Crippen LogP contribution in [0.3, 0.4) is 0 Å². The molecule has 1 aliphatic heterocycles. The van der Waals surface area contributed by atoms with Crippen molar-refractivity contribution in [3.05, 3.63) is 75.6 Å². The number of nitrogens with zero attached hydrogens (tertiary/aromatic N) is 1. The third-order valence-corrected chi connectivity index (χ3v) is 6.67. The summed E-state index contributed by atoms with van der Waals surface area (Å²) in [6.45, 7) is 2.79. The summed E-state index contributed by atoms with van der Waals surface area (Å²) >= 11 is 10.3. The maximum Gasteiger partial charge on any atom is 0.270 e. The van der Waals surface area contributed by atoms with E-state index >= 15 is 0 Å². The summed E-state index contributed by atoms with van der Waals surface area (Å²) in [6, 6.07) is 19.8. The molecule has 0 saturated carbocycles. The smallest absolute Gasteiger partial charge is 0.270 e. The van der Waals surface area contributed by atoms with E-state index in [1.165, 1.54) is 11.8 Å². The average molecular weight is 498 g/mol. The minimum atomic E-state index is -0.111. The Morgan fingerprint density at radius 2 is 1.87 bits per heavy atom. The number of thioether (sulfide) groups is 1. The Labute approximate surface area is 194 Å². The van der Waals surface area contributed by atoms with E-state index in [0.717, 1.165) is 45.1 Å². The number of unbranched alkanes of at least 4 members (excludes halogenated alkanes) is 1. The first-order valence-corrected chi connectivity index (χ1v) is 11.8. The summed E-state index contributed by atoms with van der Waals surface area (Å²) in [5, 5.41) is 2.16. The predicted octanol–water partition coefficient (Wildman–Crippen LogP) is 7.19. The Morgan fingerprint density at radius 1 is 1.10 bits per heavy atom. The topological polar surface area (TPSA) is 29.5 Å². The van der Waals surface area contributed by atoms with Gasteiger partial charge < -0.3 is 4.74 Å². The largest absolute Gasteiger partial charge is 0.493 e. The second-order valence-corrected chi connectivity index (χ2v) is 9.49. The molecule has 0 spiro atoms. The van der Waals surface area contributed by atoms with Crippen LogP contribution in [-0.4, -0.2) is 16.8 Å². The normalized spacial score (nSPS) is 15.4. The Morgan fingerprint density at radius 3 is 2.63 bits per heavy atom. The molecule has 1 fully saturated rings. The maximum absolute atomic E-state index is 13.2. The molecule has 6 heteroatoms. The van der Waals surface area contributed by atoms with Crippen molar-refractivity contribution in [3.63, 3.8) is 0 Å². The lowest BCUT2D eigenvalue weighted by Crippen LogP contribution is -2.27. The maximum atomic E-state index is 13.2. The van der Waals surface area contributed by atoms with Gasteiger partial charge in [-0.1, -0.05) is 83.6 Å². The summed E-state index contributed by atoms with van der Waals surface area (Å²) < 4.78 is 7.55. The highest BCUT2D eigenvalue weighted by Crippen LogP contribution is 2.39. The lowest BCUT2D eigenvalue weighted by Gasteiger charge is -2.14. The molecule has 0 radical (unpaired) electrons. The molecule has 3 nitrogen and oxygen atoms in total. The van der Waals surface area contributed by atoms with Crippen LogP contribution in [0.25, 0.3) is 16.8 Å². The number of halogens is 1. The molecule has 3 aromatic rings. The minimum Gasteiger partial charge on any atom is -0.493 e. The molecule has 3 aromatic carbocycles. The van der Waals surface area contributed by atoms with Crippen molar-refractivity contribution in [2.75, 3.05) is 11.5 Å². The number of carbonyl (C=O) groups excluding carboxylic acids is 1. The monoisotopic (exact) mass is 497 g/mol. The molecule has 4 rings (SSSR count). The van der Waals surface area contributed by atoms with E-state index < -0.39 is 0 Å². The number of fused-ring (bicyclic) bond motifs is 1. The summed E-state index contributed by atoms with van der Waals surface area (Å²) in [6.07, 6.45) is 3.97. The van der Waals surface area contributed by atoms with E-state index in [1.807, 2.05) is 48.5 Å². The van der Waals surface area contributed by atoms with E-state index in [9.17, 15) is 4.79 Å². The van der Waals surface area contributed by atoms with E-state index in [0.29, 0.717) is 15.8 Å². The Balaban J connectivity index is 1.75. The third-order valence-electron chi connectivity index (χ3n) is 4.84. The summed E-state index contributed by atoms with van der Waals surface area (Å²) in [5.41, 5.74) is 1.68. The van der Waals surface area contributed by atoms with Gasteiger partial charge in [0.2, 0.25) is 0 Å². The van der Waals surface area contributed by atoms with Crippen molar-refractivity contribution < 1.29 is 9.53 Å². The minimum absolute atomic E-state index is 0.111. The fourth-order valence-corrected chi connectivity index (χ4v) is 4.83. The highest BCUT2D eigenvalue weighted by Gasteiger charge is 2.33. The molecular weight excluding hydrogens is 478 g/mol. The molecule has 0 atom stereocenters. The molecule has 0 bridgehead atoms. The molecule has 1 saturated heterocycles. The van der Waals surface area contributed by atoms with Gasteiger partial charge in [0.25, 0.3) is 5.91 Å². The lowest BCUT2D eigenvalue weighted by molar-refractivity contribution is -0.113. The molecular formula is C24H20BrNO2S2.